The minimum atomic E-state index is -3.78. The number of amides is 2. The van der Waals surface area contributed by atoms with Crippen molar-refractivity contribution >= 4 is 39.1 Å². The van der Waals surface area contributed by atoms with Crippen LogP contribution in [0.2, 0.25) is 5.02 Å². The van der Waals surface area contributed by atoms with Crippen LogP contribution in [0.15, 0.2) is 78.9 Å². The molecule has 190 valence electrons. The molecule has 3 aromatic rings. The minimum Gasteiger partial charge on any atom is -0.357 e. The van der Waals surface area contributed by atoms with Gasteiger partial charge < -0.3 is 10.2 Å². The molecule has 9 heteroatoms. The van der Waals surface area contributed by atoms with E-state index in [1.807, 2.05) is 37.3 Å². The second-order valence-corrected chi connectivity index (χ2v) is 10.9. The highest BCUT2D eigenvalue weighted by Gasteiger charge is 2.32. The number of aryl methyl sites for hydroxylation is 1. The third-order valence-corrected chi connectivity index (χ3v) is 7.18. The summed E-state index contributed by atoms with van der Waals surface area (Å²) in [6.45, 7) is 1.55. The lowest BCUT2D eigenvalue weighted by molar-refractivity contribution is -0.139. The summed E-state index contributed by atoms with van der Waals surface area (Å²) in [4.78, 5) is 28.2. The molecule has 0 radical (unpaired) electrons. The fourth-order valence-electron chi connectivity index (χ4n) is 3.83. The van der Waals surface area contributed by atoms with E-state index < -0.39 is 28.5 Å². The number of rotatable bonds is 10. The zero-order valence-corrected chi connectivity index (χ0v) is 22.1. The number of nitrogens with zero attached hydrogens (tertiary/aromatic N) is 2. The molecular weight excluding hydrogens is 498 g/mol. The molecule has 0 aliphatic rings. The molecule has 1 N–H and O–H groups in total. The van der Waals surface area contributed by atoms with Crippen molar-refractivity contribution in [3.05, 3.63) is 101 Å². The highest BCUT2D eigenvalue weighted by Crippen LogP contribution is 2.21. The van der Waals surface area contributed by atoms with Gasteiger partial charge in [0, 0.05) is 25.0 Å². The third-order valence-electron chi connectivity index (χ3n) is 5.78. The van der Waals surface area contributed by atoms with E-state index >= 15 is 0 Å². The molecular formula is C27H30ClN3O4S. The van der Waals surface area contributed by atoms with Gasteiger partial charge in [0.05, 0.1) is 11.9 Å². The van der Waals surface area contributed by atoms with Crippen molar-refractivity contribution in [2.75, 3.05) is 24.2 Å². The predicted octanol–water partition coefficient (Wildman–Crippen LogP) is 3.80. The van der Waals surface area contributed by atoms with Gasteiger partial charge in [-0.1, -0.05) is 71.8 Å². The van der Waals surface area contributed by atoms with Crippen LogP contribution >= 0.6 is 11.6 Å². The lowest BCUT2D eigenvalue weighted by atomic mass is 10.0. The van der Waals surface area contributed by atoms with Gasteiger partial charge in [-0.3, -0.25) is 13.9 Å². The van der Waals surface area contributed by atoms with Crippen molar-refractivity contribution in [2.24, 2.45) is 0 Å². The lowest BCUT2D eigenvalue weighted by Gasteiger charge is -2.33. The van der Waals surface area contributed by atoms with Crippen molar-refractivity contribution < 1.29 is 18.0 Å². The van der Waals surface area contributed by atoms with Crippen LogP contribution in [0.5, 0.6) is 0 Å². The zero-order valence-electron chi connectivity index (χ0n) is 20.5. The average Bonchev–Trinajstić information content (AvgIpc) is 2.86. The fourth-order valence-corrected chi connectivity index (χ4v) is 4.81. The smallest absolute Gasteiger partial charge is 0.244 e. The van der Waals surface area contributed by atoms with E-state index in [2.05, 4.69) is 5.32 Å². The van der Waals surface area contributed by atoms with E-state index in [4.69, 9.17) is 11.6 Å². The zero-order chi connectivity index (χ0) is 26.3. The average molecular weight is 528 g/mol. The summed E-state index contributed by atoms with van der Waals surface area (Å²) >= 11 is 6.03. The van der Waals surface area contributed by atoms with Gasteiger partial charge in [0.15, 0.2) is 0 Å². The Bertz CT molecular complexity index is 1280. The standard InChI is InChI=1S/C27H30ClN3O4S/c1-20-9-15-24(16-10-20)31(36(3,34)35)19-26(32)30(18-22-11-13-23(28)14-12-22)25(27(33)29-2)17-21-7-5-4-6-8-21/h4-16,25H,17-19H2,1-3H3,(H,29,33)/t25-/m1/s1. The van der Waals surface area contributed by atoms with Crippen LogP contribution in [0.4, 0.5) is 5.69 Å². The first-order valence-corrected chi connectivity index (χ1v) is 13.6. The first-order valence-electron chi connectivity index (χ1n) is 11.4. The predicted molar refractivity (Wildman–Crippen MR) is 143 cm³/mol. The maximum atomic E-state index is 13.8. The van der Waals surface area contributed by atoms with E-state index in [0.717, 1.165) is 27.3 Å². The van der Waals surface area contributed by atoms with Gasteiger partial charge in [-0.2, -0.15) is 0 Å². The lowest BCUT2D eigenvalue weighted by Crippen LogP contribution is -2.52. The highest BCUT2D eigenvalue weighted by atomic mass is 35.5. The summed E-state index contributed by atoms with van der Waals surface area (Å²) in [5, 5.41) is 3.20. The summed E-state index contributed by atoms with van der Waals surface area (Å²) in [5.41, 5.74) is 2.97. The molecule has 0 aliphatic heterocycles. The van der Waals surface area contributed by atoms with E-state index in [1.54, 1.807) is 48.5 Å². The monoisotopic (exact) mass is 527 g/mol. The molecule has 0 saturated heterocycles. The normalized spacial score (nSPS) is 12.0. The van der Waals surface area contributed by atoms with E-state index in [-0.39, 0.29) is 18.9 Å². The van der Waals surface area contributed by atoms with Crippen molar-refractivity contribution in [2.45, 2.75) is 25.9 Å². The van der Waals surface area contributed by atoms with Gasteiger partial charge in [0.25, 0.3) is 0 Å². The number of likely N-dealkylation sites (N-methyl/N-ethyl adjacent to an activating group) is 1. The highest BCUT2D eigenvalue weighted by molar-refractivity contribution is 7.92. The molecule has 36 heavy (non-hydrogen) atoms. The van der Waals surface area contributed by atoms with Gasteiger partial charge in [-0.15, -0.1) is 0 Å². The molecule has 0 unspecified atom stereocenters. The molecule has 0 saturated carbocycles. The first kappa shape index (κ1) is 27.2. The van der Waals surface area contributed by atoms with Crippen molar-refractivity contribution in [3.8, 4) is 0 Å². The van der Waals surface area contributed by atoms with E-state index in [0.29, 0.717) is 10.7 Å². The quantitative estimate of drug-likeness (QED) is 0.434. The largest absolute Gasteiger partial charge is 0.357 e. The van der Waals surface area contributed by atoms with Gasteiger partial charge in [-0.25, -0.2) is 8.42 Å². The van der Waals surface area contributed by atoms with Crippen LogP contribution in [-0.2, 0) is 32.6 Å². The number of carbonyl (C=O) groups is 2. The minimum absolute atomic E-state index is 0.104. The summed E-state index contributed by atoms with van der Waals surface area (Å²) < 4.78 is 26.4. The summed E-state index contributed by atoms with van der Waals surface area (Å²) in [6.07, 6.45) is 1.33. The number of benzene rings is 3. The Kier molecular flexibility index (Phi) is 9.12. The van der Waals surface area contributed by atoms with Crippen LogP contribution in [0.3, 0.4) is 0 Å². The first-order chi connectivity index (χ1) is 17.1. The number of hydrogen-bond acceptors (Lipinski definition) is 4. The summed E-state index contributed by atoms with van der Waals surface area (Å²) in [6, 6.07) is 22.4. The molecule has 0 bridgehead atoms. The fraction of sp³-hybridized carbons (Fsp3) is 0.259. The second kappa shape index (κ2) is 12.1. The van der Waals surface area contributed by atoms with Crippen LogP contribution in [0, 0.1) is 6.92 Å². The molecule has 0 spiro atoms. The van der Waals surface area contributed by atoms with Crippen molar-refractivity contribution in [3.63, 3.8) is 0 Å². The maximum Gasteiger partial charge on any atom is 0.244 e. The van der Waals surface area contributed by atoms with Crippen LogP contribution < -0.4 is 9.62 Å². The molecule has 2 amide bonds. The Morgan fingerprint density at radius 3 is 2.08 bits per heavy atom. The number of nitrogens with one attached hydrogen (secondary N) is 1. The SMILES string of the molecule is CNC(=O)[C@@H](Cc1ccccc1)N(Cc1ccc(Cl)cc1)C(=O)CN(c1ccc(C)cc1)S(C)(=O)=O. The number of halogens is 1. The number of hydrogen-bond donors (Lipinski definition) is 1. The second-order valence-electron chi connectivity index (χ2n) is 8.57. The summed E-state index contributed by atoms with van der Waals surface area (Å²) in [7, 11) is -2.27. The molecule has 0 aromatic heterocycles. The molecule has 0 heterocycles. The Balaban J connectivity index is 2.00. The molecule has 7 nitrogen and oxygen atoms in total. The maximum absolute atomic E-state index is 13.8. The van der Waals surface area contributed by atoms with Gasteiger partial charge in [0.2, 0.25) is 21.8 Å². The van der Waals surface area contributed by atoms with Gasteiger partial charge >= 0.3 is 0 Å². The van der Waals surface area contributed by atoms with Gasteiger partial charge in [-0.05, 0) is 42.3 Å². The topological polar surface area (TPSA) is 86.8 Å². The molecule has 3 rings (SSSR count). The molecule has 3 aromatic carbocycles. The van der Waals surface area contributed by atoms with E-state index in [9.17, 15) is 18.0 Å². The Morgan fingerprint density at radius 2 is 1.53 bits per heavy atom. The van der Waals surface area contributed by atoms with Crippen LogP contribution in [-0.4, -0.2) is 51.0 Å². The Morgan fingerprint density at radius 1 is 0.917 bits per heavy atom. The third kappa shape index (κ3) is 7.32. The molecule has 0 fully saturated rings. The number of anilines is 1. The number of sulfonamides is 1. The van der Waals surface area contributed by atoms with Crippen molar-refractivity contribution in [1.29, 1.82) is 0 Å². The van der Waals surface area contributed by atoms with Crippen LogP contribution in [0.1, 0.15) is 16.7 Å². The Labute approximate surface area is 217 Å². The molecule has 0 aliphatic carbocycles. The van der Waals surface area contributed by atoms with Crippen molar-refractivity contribution in [1.82, 2.24) is 10.2 Å². The van der Waals surface area contributed by atoms with Crippen LogP contribution in [0.25, 0.3) is 0 Å². The number of carbonyl (C=O) groups excluding carboxylic acids is 2. The Hall–Kier alpha value is -3.36. The summed E-state index contributed by atoms with van der Waals surface area (Å²) in [5.74, 6) is -0.845. The molecule has 1 atom stereocenters. The van der Waals surface area contributed by atoms with Gasteiger partial charge in [0.1, 0.15) is 12.6 Å². The van der Waals surface area contributed by atoms with E-state index in [1.165, 1.54) is 11.9 Å².